The van der Waals surface area contributed by atoms with Gasteiger partial charge in [0.1, 0.15) is 5.52 Å². The first-order valence-corrected chi connectivity index (χ1v) is 8.76. The largest absolute Gasteiger partial charge is 0.353 e. The van der Waals surface area contributed by atoms with Crippen LogP contribution in [0.25, 0.3) is 11.0 Å². The molecule has 1 aromatic heterocycles. The average Bonchev–Trinajstić information content (AvgIpc) is 3.18. The molecule has 2 aromatic rings. The Morgan fingerprint density at radius 2 is 2.17 bits per heavy atom. The lowest BCUT2D eigenvalue weighted by Crippen LogP contribution is -2.55. The molecule has 7 heteroatoms. The van der Waals surface area contributed by atoms with Crippen molar-refractivity contribution in [2.24, 2.45) is 18.9 Å². The molecule has 1 saturated carbocycles. The van der Waals surface area contributed by atoms with Gasteiger partial charge in [0.2, 0.25) is 5.91 Å². The Labute approximate surface area is 140 Å². The Morgan fingerprint density at radius 1 is 1.25 bits per heavy atom. The summed E-state index contributed by atoms with van der Waals surface area (Å²) in [4.78, 5) is 12.3. The highest BCUT2D eigenvalue weighted by Crippen LogP contribution is 2.44. The number of aromatic nitrogens is 3. The summed E-state index contributed by atoms with van der Waals surface area (Å²) in [5, 5.41) is 11.6. The van der Waals surface area contributed by atoms with Gasteiger partial charge in [-0.2, -0.15) is 0 Å². The molecule has 0 spiro atoms. The van der Waals surface area contributed by atoms with Crippen LogP contribution in [0.15, 0.2) is 18.2 Å². The first kappa shape index (κ1) is 14.4. The molecule has 2 aliphatic heterocycles. The van der Waals surface area contributed by atoms with Crippen LogP contribution < -0.4 is 16.2 Å². The monoisotopic (exact) mass is 326 g/mol. The Balaban J connectivity index is 1.51. The van der Waals surface area contributed by atoms with Crippen LogP contribution in [-0.4, -0.2) is 39.5 Å². The van der Waals surface area contributed by atoms with Gasteiger partial charge in [0, 0.05) is 32.1 Å². The molecule has 3 fully saturated rings. The molecule has 5 atom stereocenters. The molecule has 3 heterocycles. The van der Waals surface area contributed by atoms with Crippen LogP contribution in [0, 0.1) is 11.8 Å². The van der Waals surface area contributed by atoms with Gasteiger partial charge in [-0.15, -0.1) is 5.10 Å². The zero-order valence-corrected chi connectivity index (χ0v) is 13.7. The van der Waals surface area contributed by atoms with Crippen LogP contribution in [0.1, 0.15) is 30.7 Å². The Kier molecular flexibility index (Phi) is 3.14. The van der Waals surface area contributed by atoms with Gasteiger partial charge in [0.25, 0.3) is 0 Å². The van der Waals surface area contributed by atoms with E-state index >= 15 is 0 Å². The zero-order chi connectivity index (χ0) is 16.3. The third-order valence-electron chi connectivity index (χ3n) is 6.15. The van der Waals surface area contributed by atoms with E-state index in [0.717, 1.165) is 30.4 Å². The first-order chi connectivity index (χ1) is 11.7. The minimum Gasteiger partial charge on any atom is -0.353 e. The Morgan fingerprint density at radius 3 is 3.08 bits per heavy atom. The van der Waals surface area contributed by atoms with Crippen LogP contribution in [0.2, 0.25) is 0 Å². The number of rotatable bonds is 1. The molecule has 24 heavy (non-hydrogen) atoms. The van der Waals surface area contributed by atoms with Crippen molar-refractivity contribution in [2.75, 3.05) is 6.54 Å². The number of aryl methyl sites for hydroxylation is 1. The second kappa shape index (κ2) is 5.26. The van der Waals surface area contributed by atoms with E-state index in [2.05, 4.69) is 44.7 Å². The number of benzene rings is 1. The summed E-state index contributed by atoms with van der Waals surface area (Å²) in [6.07, 6.45) is 2.74. The van der Waals surface area contributed by atoms with Crippen LogP contribution in [0.5, 0.6) is 0 Å². The van der Waals surface area contributed by atoms with Gasteiger partial charge in [-0.05, 0) is 48.3 Å². The number of amides is 1. The topological polar surface area (TPSA) is 83.9 Å². The van der Waals surface area contributed by atoms with Crippen molar-refractivity contribution < 1.29 is 4.79 Å². The molecule has 0 bridgehead atoms. The molecule has 1 aromatic carbocycles. The Hall–Kier alpha value is -1.99. The van der Waals surface area contributed by atoms with Gasteiger partial charge >= 0.3 is 0 Å². The van der Waals surface area contributed by atoms with Gasteiger partial charge in [0.05, 0.1) is 5.52 Å². The maximum absolute atomic E-state index is 12.3. The Bertz CT molecular complexity index is 801. The molecule has 126 valence electrons. The lowest BCUT2D eigenvalue weighted by atomic mass is 9.66. The van der Waals surface area contributed by atoms with Crippen LogP contribution >= 0.6 is 0 Å². The smallest absolute Gasteiger partial charge is 0.220 e. The highest BCUT2D eigenvalue weighted by atomic mass is 16.1. The van der Waals surface area contributed by atoms with E-state index in [0.29, 0.717) is 24.3 Å². The molecule has 1 amide bonds. The molecular weight excluding hydrogens is 304 g/mol. The predicted octanol–water partition coefficient (Wildman–Crippen LogP) is 0.443. The van der Waals surface area contributed by atoms with Gasteiger partial charge in [0.15, 0.2) is 0 Å². The summed E-state index contributed by atoms with van der Waals surface area (Å²) in [7, 11) is 1.90. The normalized spacial score (nSPS) is 35.5. The van der Waals surface area contributed by atoms with Crippen molar-refractivity contribution in [1.82, 2.24) is 31.2 Å². The predicted molar refractivity (Wildman–Crippen MR) is 88.9 cm³/mol. The van der Waals surface area contributed by atoms with Crippen LogP contribution in [0.3, 0.4) is 0 Å². The van der Waals surface area contributed by atoms with Gasteiger partial charge in [-0.25, -0.2) is 4.68 Å². The number of carbonyl (C=O) groups is 1. The number of hydrogen-bond acceptors (Lipinski definition) is 5. The average molecular weight is 326 g/mol. The minimum atomic E-state index is 0.171. The summed E-state index contributed by atoms with van der Waals surface area (Å²) in [6.45, 7) is 1.03. The summed E-state index contributed by atoms with van der Waals surface area (Å²) >= 11 is 0. The number of nitrogens with one attached hydrogen (secondary N) is 3. The molecule has 5 unspecified atom stereocenters. The maximum atomic E-state index is 12.3. The van der Waals surface area contributed by atoms with Crippen LogP contribution in [0.4, 0.5) is 0 Å². The maximum Gasteiger partial charge on any atom is 0.220 e. The number of nitrogens with zero attached hydrogens (tertiary/aromatic N) is 3. The van der Waals surface area contributed by atoms with Crippen molar-refractivity contribution in [3.63, 3.8) is 0 Å². The second-order valence-electron chi connectivity index (χ2n) is 7.47. The van der Waals surface area contributed by atoms with Crippen molar-refractivity contribution in [3.05, 3.63) is 23.8 Å². The van der Waals surface area contributed by atoms with Crippen molar-refractivity contribution in [3.8, 4) is 0 Å². The zero-order valence-electron chi connectivity index (χ0n) is 13.7. The molecule has 1 aliphatic carbocycles. The standard InChI is InChI=1S/C17H22N6O/c1-23-16-3-2-9(5-15(16)21-22-23)11-6-17(24)19-14-7-13-10(4-12(11)14)8-18-20-13/h2-3,5,10-14,18,20H,4,6-8H2,1H3,(H,19,24). The van der Waals surface area contributed by atoms with Gasteiger partial charge < -0.3 is 5.32 Å². The molecule has 2 saturated heterocycles. The van der Waals surface area contributed by atoms with E-state index in [-0.39, 0.29) is 17.9 Å². The quantitative estimate of drug-likeness (QED) is 0.708. The summed E-state index contributed by atoms with van der Waals surface area (Å²) < 4.78 is 1.79. The fraction of sp³-hybridized carbons (Fsp3) is 0.588. The molecule has 3 N–H and O–H groups in total. The SMILES string of the molecule is Cn1nnc2cc(C3CC(=O)NC4CC5NNCC5CC43)ccc21. The minimum absolute atomic E-state index is 0.171. The van der Waals surface area contributed by atoms with Crippen LogP contribution in [-0.2, 0) is 11.8 Å². The van der Waals surface area contributed by atoms with Crippen molar-refractivity contribution >= 4 is 16.9 Å². The second-order valence-corrected chi connectivity index (χ2v) is 7.47. The van der Waals surface area contributed by atoms with Crippen molar-refractivity contribution in [2.45, 2.75) is 37.3 Å². The molecular formula is C17H22N6O. The summed E-state index contributed by atoms with van der Waals surface area (Å²) in [5.41, 5.74) is 9.82. The molecule has 7 nitrogen and oxygen atoms in total. The van der Waals surface area contributed by atoms with E-state index in [1.165, 1.54) is 5.56 Å². The van der Waals surface area contributed by atoms with Crippen molar-refractivity contribution in [1.29, 1.82) is 0 Å². The number of hydrazine groups is 1. The third-order valence-corrected chi connectivity index (χ3v) is 6.15. The fourth-order valence-electron chi connectivity index (χ4n) is 4.92. The lowest BCUT2D eigenvalue weighted by molar-refractivity contribution is -0.126. The lowest BCUT2D eigenvalue weighted by Gasteiger charge is -2.45. The van der Waals surface area contributed by atoms with E-state index in [1.807, 2.05) is 7.05 Å². The van der Waals surface area contributed by atoms with E-state index in [4.69, 9.17) is 0 Å². The number of fused-ring (bicyclic) bond motifs is 3. The number of piperidine rings is 1. The number of hydrogen-bond donors (Lipinski definition) is 3. The van der Waals surface area contributed by atoms with E-state index < -0.39 is 0 Å². The fourth-order valence-corrected chi connectivity index (χ4v) is 4.92. The molecule has 3 aliphatic rings. The molecule has 0 radical (unpaired) electrons. The third kappa shape index (κ3) is 2.15. The van der Waals surface area contributed by atoms with Gasteiger partial charge in [-0.3, -0.25) is 15.6 Å². The van der Waals surface area contributed by atoms with Gasteiger partial charge in [-0.1, -0.05) is 11.3 Å². The summed E-state index contributed by atoms with van der Waals surface area (Å²) in [6, 6.07) is 7.11. The van der Waals surface area contributed by atoms with E-state index in [1.54, 1.807) is 4.68 Å². The summed E-state index contributed by atoms with van der Waals surface area (Å²) in [5.74, 6) is 1.60. The number of carbonyl (C=O) groups excluding carboxylic acids is 1. The molecule has 5 rings (SSSR count). The highest BCUT2D eigenvalue weighted by molar-refractivity contribution is 5.80. The highest BCUT2D eigenvalue weighted by Gasteiger charge is 2.46. The first-order valence-electron chi connectivity index (χ1n) is 8.76. The van der Waals surface area contributed by atoms with E-state index in [9.17, 15) is 4.79 Å².